The lowest BCUT2D eigenvalue weighted by Crippen LogP contribution is -2.33. The zero-order valence-electron chi connectivity index (χ0n) is 13.7. The Morgan fingerprint density at radius 3 is 2.71 bits per heavy atom. The molecule has 1 aliphatic carbocycles. The molecule has 1 aromatic heterocycles. The van der Waals surface area contributed by atoms with E-state index >= 15 is 0 Å². The number of nitrogens with zero attached hydrogens (tertiary/aromatic N) is 2. The number of hydrogen-bond acceptors (Lipinski definition) is 5. The summed E-state index contributed by atoms with van der Waals surface area (Å²) < 4.78 is 11.5. The summed E-state index contributed by atoms with van der Waals surface area (Å²) in [7, 11) is 0. The highest BCUT2D eigenvalue weighted by atomic mass is 16.5. The van der Waals surface area contributed by atoms with Gasteiger partial charge in [-0.05, 0) is 32.7 Å². The number of ether oxygens (including phenoxy) is 1. The third-order valence-electron chi connectivity index (χ3n) is 4.08. The maximum atomic E-state index is 6.03. The van der Waals surface area contributed by atoms with E-state index in [1.54, 1.807) is 0 Å². The summed E-state index contributed by atoms with van der Waals surface area (Å²) in [6.07, 6.45) is 7.50. The van der Waals surface area contributed by atoms with Crippen molar-refractivity contribution in [2.24, 2.45) is 0 Å². The van der Waals surface area contributed by atoms with Crippen LogP contribution in [0.1, 0.15) is 71.0 Å². The van der Waals surface area contributed by atoms with Gasteiger partial charge in [-0.1, -0.05) is 38.3 Å². The molecule has 21 heavy (non-hydrogen) atoms. The highest BCUT2D eigenvalue weighted by molar-refractivity contribution is 5.03. The molecule has 0 bridgehead atoms. The van der Waals surface area contributed by atoms with Gasteiger partial charge in [0.15, 0.2) is 0 Å². The molecule has 1 heterocycles. The fourth-order valence-corrected chi connectivity index (χ4v) is 3.00. The van der Waals surface area contributed by atoms with Crippen molar-refractivity contribution in [1.82, 2.24) is 15.5 Å². The molecule has 0 amide bonds. The summed E-state index contributed by atoms with van der Waals surface area (Å²) in [5, 5.41) is 7.61. The summed E-state index contributed by atoms with van der Waals surface area (Å²) in [6, 6.07) is 0.520. The van der Waals surface area contributed by atoms with Crippen LogP contribution in [0, 0.1) is 0 Å². The van der Waals surface area contributed by atoms with Crippen LogP contribution in [0.25, 0.3) is 0 Å². The van der Waals surface area contributed by atoms with Crippen LogP contribution in [0.2, 0.25) is 0 Å². The van der Waals surface area contributed by atoms with Gasteiger partial charge < -0.3 is 14.6 Å². The van der Waals surface area contributed by atoms with Gasteiger partial charge in [-0.25, -0.2) is 0 Å². The van der Waals surface area contributed by atoms with Crippen molar-refractivity contribution >= 4 is 0 Å². The number of nitrogens with one attached hydrogen (secondary N) is 1. The van der Waals surface area contributed by atoms with Crippen molar-refractivity contribution in [1.29, 1.82) is 0 Å². The van der Waals surface area contributed by atoms with Crippen molar-refractivity contribution in [3.63, 3.8) is 0 Å². The second-order valence-corrected chi connectivity index (χ2v) is 6.21. The standard InChI is InChI=1S/C16H29N3O2/c1-4-20-16(10-6-5-7-11-16)15-18-14(21-19-15)9-8-12-17-13(2)3/h13,17H,4-12H2,1-3H3. The first kappa shape index (κ1) is 16.4. The van der Waals surface area contributed by atoms with Crippen molar-refractivity contribution in [3.05, 3.63) is 11.7 Å². The molecule has 0 aliphatic heterocycles. The highest BCUT2D eigenvalue weighted by Crippen LogP contribution is 2.39. The largest absolute Gasteiger partial charge is 0.367 e. The van der Waals surface area contributed by atoms with Crippen LogP contribution >= 0.6 is 0 Å². The van der Waals surface area contributed by atoms with E-state index in [2.05, 4.69) is 29.3 Å². The first-order chi connectivity index (χ1) is 10.2. The molecule has 1 fully saturated rings. The molecule has 120 valence electrons. The minimum atomic E-state index is -0.301. The lowest BCUT2D eigenvalue weighted by Gasteiger charge is -2.33. The third-order valence-corrected chi connectivity index (χ3v) is 4.08. The molecule has 0 saturated heterocycles. The second-order valence-electron chi connectivity index (χ2n) is 6.21. The molecular formula is C16H29N3O2. The predicted molar refractivity (Wildman–Crippen MR) is 82.1 cm³/mol. The summed E-state index contributed by atoms with van der Waals surface area (Å²) in [5.41, 5.74) is -0.301. The Labute approximate surface area is 127 Å². The zero-order chi connectivity index (χ0) is 15.1. The Morgan fingerprint density at radius 1 is 1.29 bits per heavy atom. The van der Waals surface area contributed by atoms with Crippen molar-refractivity contribution in [3.8, 4) is 0 Å². The second kappa shape index (κ2) is 7.90. The minimum absolute atomic E-state index is 0.301. The Kier molecular flexibility index (Phi) is 6.18. The third kappa shape index (κ3) is 4.51. The fraction of sp³-hybridized carbons (Fsp3) is 0.875. The van der Waals surface area contributed by atoms with Gasteiger partial charge in [0.05, 0.1) is 0 Å². The van der Waals surface area contributed by atoms with E-state index in [-0.39, 0.29) is 5.60 Å². The molecule has 0 radical (unpaired) electrons. The lowest BCUT2D eigenvalue weighted by molar-refractivity contribution is -0.0777. The monoisotopic (exact) mass is 295 g/mol. The SMILES string of the molecule is CCOC1(c2noc(CCCNC(C)C)n2)CCCCC1. The van der Waals surface area contributed by atoms with Crippen LogP contribution in [0.3, 0.4) is 0 Å². The summed E-state index contributed by atoms with van der Waals surface area (Å²) in [5.74, 6) is 1.50. The van der Waals surface area contributed by atoms with Gasteiger partial charge in [0, 0.05) is 19.1 Å². The predicted octanol–water partition coefficient (Wildman–Crippen LogP) is 3.20. The van der Waals surface area contributed by atoms with Gasteiger partial charge in [-0.2, -0.15) is 4.98 Å². The summed E-state index contributed by atoms with van der Waals surface area (Å²) in [4.78, 5) is 4.61. The first-order valence-electron chi connectivity index (χ1n) is 8.37. The summed E-state index contributed by atoms with van der Waals surface area (Å²) in [6.45, 7) is 8.02. The molecule has 0 aromatic carbocycles. The molecule has 0 atom stereocenters. The number of rotatable bonds is 8. The van der Waals surface area contributed by atoms with Gasteiger partial charge in [0.25, 0.3) is 0 Å². The van der Waals surface area contributed by atoms with Crippen LogP contribution in [-0.2, 0) is 16.8 Å². The van der Waals surface area contributed by atoms with Crippen molar-refractivity contribution in [2.75, 3.05) is 13.2 Å². The Bertz CT molecular complexity index is 406. The van der Waals surface area contributed by atoms with Crippen LogP contribution in [-0.4, -0.2) is 29.3 Å². The summed E-state index contributed by atoms with van der Waals surface area (Å²) >= 11 is 0. The van der Waals surface area contributed by atoms with E-state index in [0.717, 1.165) is 43.9 Å². The quantitative estimate of drug-likeness (QED) is 0.746. The molecule has 5 nitrogen and oxygen atoms in total. The number of aromatic nitrogens is 2. The van der Waals surface area contributed by atoms with Crippen LogP contribution in [0.4, 0.5) is 0 Å². The van der Waals surface area contributed by atoms with E-state index in [4.69, 9.17) is 9.26 Å². The van der Waals surface area contributed by atoms with Gasteiger partial charge >= 0.3 is 0 Å². The molecule has 5 heteroatoms. The Balaban J connectivity index is 1.93. The molecular weight excluding hydrogens is 266 g/mol. The Morgan fingerprint density at radius 2 is 2.05 bits per heavy atom. The number of hydrogen-bond donors (Lipinski definition) is 1. The zero-order valence-corrected chi connectivity index (χ0v) is 13.7. The highest BCUT2D eigenvalue weighted by Gasteiger charge is 2.39. The fourth-order valence-electron chi connectivity index (χ4n) is 3.00. The maximum Gasteiger partial charge on any atom is 0.226 e. The average Bonchev–Trinajstić information content (AvgIpc) is 2.94. The van der Waals surface area contributed by atoms with E-state index in [0.29, 0.717) is 12.6 Å². The molecule has 1 aromatic rings. The Hall–Kier alpha value is -0.940. The molecule has 1 aliphatic rings. The van der Waals surface area contributed by atoms with E-state index in [1.165, 1.54) is 19.3 Å². The molecule has 1 N–H and O–H groups in total. The van der Waals surface area contributed by atoms with Crippen LogP contribution in [0.15, 0.2) is 4.52 Å². The molecule has 0 unspecified atom stereocenters. The van der Waals surface area contributed by atoms with Gasteiger partial charge in [0.1, 0.15) is 5.60 Å². The molecule has 1 saturated carbocycles. The van der Waals surface area contributed by atoms with Crippen molar-refractivity contribution in [2.45, 2.75) is 77.4 Å². The lowest BCUT2D eigenvalue weighted by atomic mass is 9.84. The molecule has 0 spiro atoms. The van der Waals surface area contributed by atoms with Crippen LogP contribution in [0.5, 0.6) is 0 Å². The van der Waals surface area contributed by atoms with Crippen molar-refractivity contribution < 1.29 is 9.26 Å². The van der Waals surface area contributed by atoms with E-state index < -0.39 is 0 Å². The average molecular weight is 295 g/mol. The molecule has 2 rings (SSSR count). The topological polar surface area (TPSA) is 60.2 Å². The van der Waals surface area contributed by atoms with Gasteiger partial charge in [0.2, 0.25) is 11.7 Å². The van der Waals surface area contributed by atoms with E-state index in [1.807, 2.05) is 6.92 Å². The smallest absolute Gasteiger partial charge is 0.226 e. The number of aryl methyl sites for hydroxylation is 1. The minimum Gasteiger partial charge on any atom is -0.367 e. The van der Waals surface area contributed by atoms with E-state index in [9.17, 15) is 0 Å². The maximum absolute atomic E-state index is 6.03. The van der Waals surface area contributed by atoms with Gasteiger partial charge in [-0.15, -0.1) is 0 Å². The normalized spacial score (nSPS) is 18.3. The first-order valence-corrected chi connectivity index (χ1v) is 8.37. The van der Waals surface area contributed by atoms with Crippen LogP contribution < -0.4 is 5.32 Å². The van der Waals surface area contributed by atoms with Gasteiger partial charge in [-0.3, -0.25) is 0 Å².